The summed E-state index contributed by atoms with van der Waals surface area (Å²) >= 11 is 0. The first-order chi connectivity index (χ1) is 72.7. The Bertz CT molecular complexity index is 3220. The lowest BCUT2D eigenvalue weighted by molar-refractivity contribution is -0.377. The van der Waals surface area contributed by atoms with Crippen molar-refractivity contribution < 1.29 is 82.3 Å². The number of hydrogen-bond donors (Lipinski definition) is 4. The Morgan fingerprint density at radius 3 is 0.787 bits per heavy atom. The number of aliphatic hydroxyl groups is 4. The highest BCUT2D eigenvalue weighted by atomic mass is 16.8. The topological polar surface area (TPSA) is 240 Å². The number of carbonyl (C=O) groups is 5. The molecule has 0 spiro atoms. The number of rotatable bonds is 105. The monoisotopic (exact) mass is 2120 g/mol. The van der Waals surface area contributed by atoms with Crippen LogP contribution < -0.4 is 0 Å². The van der Waals surface area contributed by atoms with E-state index in [0.717, 1.165) is 109 Å². The van der Waals surface area contributed by atoms with Crippen molar-refractivity contribution >= 4 is 29.8 Å². The van der Waals surface area contributed by atoms with Gasteiger partial charge in [0.25, 0.3) is 0 Å². The van der Waals surface area contributed by atoms with Crippen LogP contribution in [0, 0.1) is 53.3 Å². The number of unbranched alkanes of at least 4 members (excludes halogenated alkanes) is 69. The van der Waals surface area contributed by atoms with Gasteiger partial charge in [0.1, 0.15) is 31.0 Å². The van der Waals surface area contributed by atoms with Crippen molar-refractivity contribution in [2.24, 2.45) is 53.3 Å². The number of ether oxygens (including phenoxy) is 8. The predicted octanol–water partition coefficient (Wildman–Crippen LogP) is 37.8. The summed E-state index contributed by atoms with van der Waals surface area (Å²) < 4.78 is 52.2. The van der Waals surface area contributed by atoms with Crippen molar-refractivity contribution in [1.82, 2.24) is 0 Å². The van der Waals surface area contributed by atoms with E-state index in [-0.39, 0.29) is 46.8 Å². The Kier molecular flexibility index (Phi) is 92.4. The zero-order valence-corrected chi connectivity index (χ0v) is 101. The maximum absolute atomic E-state index is 15.1. The third kappa shape index (κ3) is 74.6. The molecular formula is C133H248O17. The van der Waals surface area contributed by atoms with Gasteiger partial charge in [0.2, 0.25) is 12.6 Å². The molecule has 4 N–H and O–H groups in total. The van der Waals surface area contributed by atoms with Gasteiger partial charge in [-0.3, -0.25) is 9.59 Å². The van der Waals surface area contributed by atoms with Gasteiger partial charge in [0.15, 0.2) is 24.4 Å². The van der Waals surface area contributed by atoms with Crippen LogP contribution in [0.5, 0.6) is 0 Å². The Morgan fingerprint density at radius 2 is 0.513 bits per heavy atom. The molecule has 2 saturated heterocycles. The highest BCUT2D eigenvalue weighted by Crippen LogP contribution is 2.38. The third-order valence-electron chi connectivity index (χ3n) is 33.1. The van der Waals surface area contributed by atoms with Crippen molar-refractivity contribution in [3.8, 4) is 0 Å². The van der Waals surface area contributed by atoms with Gasteiger partial charge in [-0.05, 0) is 107 Å². The molecule has 0 aromatic rings. The minimum Gasteiger partial charge on any atom is -0.463 e. The molecule has 17 heteroatoms. The molecule has 2 rings (SSSR count). The van der Waals surface area contributed by atoms with Gasteiger partial charge >= 0.3 is 29.8 Å². The highest BCUT2D eigenvalue weighted by molar-refractivity contribution is 5.89. The van der Waals surface area contributed by atoms with E-state index in [1.54, 1.807) is 27.7 Å². The lowest BCUT2D eigenvalue weighted by Crippen LogP contribution is -2.66. The lowest BCUT2D eigenvalue weighted by Gasteiger charge is -2.47. The molecule has 2 aliphatic rings. The van der Waals surface area contributed by atoms with Crippen molar-refractivity contribution in [1.29, 1.82) is 0 Å². The zero-order valence-electron chi connectivity index (χ0n) is 101. The van der Waals surface area contributed by atoms with Crippen LogP contribution in [0.4, 0.5) is 0 Å². The molecule has 0 aromatic heterocycles. The number of carbonyl (C=O) groups excluding carboxylic acids is 5. The van der Waals surface area contributed by atoms with Gasteiger partial charge in [0, 0.05) is 23.1 Å². The molecule has 17 nitrogen and oxygen atoms in total. The molecule has 0 aromatic carbocycles. The quantitative estimate of drug-likeness (QED) is 0.0192. The normalized spacial score (nSPS) is 20.4. The van der Waals surface area contributed by atoms with E-state index in [9.17, 15) is 34.8 Å². The average Bonchev–Trinajstić information content (AvgIpc) is 0.768. The van der Waals surface area contributed by atoms with Crippen LogP contribution in [-0.2, 0) is 61.9 Å². The minimum atomic E-state index is -1.94. The largest absolute Gasteiger partial charge is 0.463 e. The van der Waals surface area contributed by atoms with Gasteiger partial charge in [-0.2, -0.15) is 0 Å². The predicted molar refractivity (Wildman–Crippen MR) is 629 cm³/mol. The van der Waals surface area contributed by atoms with Crippen molar-refractivity contribution in [2.45, 2.75) is 718 Å². The Labute approximate surface area is 926 Å². The van der Waals surface area contributed by atoms with E-state index in [0.29, 0.717) is 36.5 Å². The molecular weight excluding hydrogens is 1870 g/mol. The van der Waals surface area contributed by atoms with E-state index in [4.69, 9.17) is 37.9 Å². The third-order valence-corrected chi connectivity index (χ3v) is 33.1. The molecule has 150 heavy (non-hydrogen) atoms. The van der Waals surface area contributed by atoms with Crippen LogP contribution in [0.3, 0.4) is 0 Å². The molecule has 20 atom stereocenters. The van der Waals surface area contributed by atoms with E-state index in [1.165, 1.54) is 405 Å². The second-order valence-corrected chi connectivity index (χ2v) is 49.0. The van der Waals surface area contributed by atoms with Crippen LogP contribution >= 0.6 is 0 Å². The molecule has 2 fully saturated rings. The molecule has 882 valence electrons. The van der Waals surface area contributed by atoms with Crippen molar-refractivity contribution in [3.05, 3.63) is 34.9 Å². The Balaban J connectivity index is 2.70. The van der Waals surface area contributed by atoms with Gasteiger partial charge in [-0.15, -0.1) is 0 Å². The first-order valence-corrected chi connectivity index (χ1v) is 65.3. The number of aliphatic hydroxyl groups excluding tert-OH is 4. The summed E-state index contributed by atoms with van der Waals surface area (Å²) in [5, 5.41) is 49.6. The molecule has 0 radical (unpaired) electrons. The SMILES string of the molecule is CCCCCCCCCCCCCCCCCCC[C@H](C)C[C@H](C)/C=C(\C)C(=O)OC1[C@H](O)C(COC(=O)[C@@H](C)[C@@H](O)[C@@H](C)C[C@@H](C)CCCCCCCCCCCCCCCCCC)O[C@H](O[C@H]2OC(CO)[C@@H](OC(=O)/C(C)=C/[C@@H](C)C[C@@H](C)CCCCCCCCCCCCCCCC)C(O)[C@@H]2OC(=O)/C(C)=C/[C@@H](C)C[C@@H](C)CCCCCCCCCCCCCCCC)[C@@H]1OC(=O)CCCCCCCCCCCCCCC. The van der Waals surface area contributed by atoms with Crippen LogP contribution in [0.2, 0.25) is 0 Å². The first-order valence-electron chi connectivity index (χ1n) is 65.3. The van der Waals surface area contributed by atoms with Gasteiger partial charge in [-0.1, -0.05) is 603 Å². The number of esters is 5. The second kappa shape index (κ2) is 97.3. The maximum atomic E-state index is 15.1. The molecule has 4 unspecified atom stereocenters. The zero-order chi connectivity index (χ0) is 110. The number of allylic oxidation sites excluding steroid dienone is 3. The molecule has 2 heterocycles. The molecule has 0 amide bonds. The Morgan fingerprint density at radius 1 is 0.280 bits per heavy atom. The Hall–Kier alpha value is -3.71. The molecule has 2 aliphatic heterocycles. The molecule has 0 bridgehead atoms. The number of hydrogen-bond acceptors (Lipinski definition) is 17. The van der Waals surface area contributed by atoms with Crippen LogP contribution in [-0.4, -0.2) is 131 Å². The molecule has 0 saturated carbocycles. The first kappa shape index (κ1) is 142. The van der Waals surface area contributed by atoms with Gasteiger partial charge in [0.05, 0.1) is 18.6 Å². The molecule has 0 aliphatic carbocycles. The summed E-state index contributed by atoms with van der Waals surface area (Å²) in [6.45, 7) is 33.7. The maximum Gasteiger partial charge on any atom is 0.333 e. The highest BCUT2D eigenvalue weighted by Gasteiger charge is 2.56. The summed E-state index contributed by atoms with van der Waals surface area (Å²) in [7, 11) is 0. The van der Waals surface area contributed by atoms with E-state index in [1.807, 2.05) is 25.2 Å². The minimum absolute atomic E-state index is 0.0110. The van der Waals surface area contributed by atoms with Crippen molar-refractivity contribution in [3.63, 3.8) is 0 Å². The van der Waals surface area contributed by atoms with Gasteiger partial charge in [-0.25, -0.2) is 14.4 Å². The van der Waals surface area contributed by atoms with Crippen LogP contribution in [0.15, 0.2) is 34.9 Å². The fraction of sp³-hybridized carbons (Fsp3) is 0.917. The van der Waals surface area contributed by atoms with Crippen molar-refractivity contribution in [2.75, 3.05) is 13.2 Å². The van der Waals surface area contributed by atoms with E-state index < -0.39 is 116 Å². The standard InChI is InChI=1S/C133H248O17/c1-18-23-28-33-38-43-48-53-57-59-61-65-69-74-79-83-88-93-107(7)98-111(11)102-115(15)129(140)148-125-122(137)119(105-143-131(142)117(17)121(136)113(13)100-109(9)95-90-85-80-75-70-66-60-58-54-49-44-39-34-29-24-19-2)145-133(127(125)146-120(135)96-91-86-81-76-71-62-52-47-42-37-32-27-22-5)150-132-126(149-130(141)116(16)103-112(12)99-108(8)94-89-84-78-73-68-64-56-51-46-41-36-31-26-21-4)123(138)124(118(104-134)144-132)147-128(139)114(14)101-110(10)97-106(6)92-87-82-77-72-67-63-55-50-45-40-35-30-25-20-3/h101-103,106-113,117-119,121-127,132-134,136-138H,18-100,104-105H2,1-17H3/b114-101+,115-102+,116-103+/t106-,107-,108-,109-,110-,111-,112-,113-,117-,118?,119?,121-,122+,123?,124+,125?,126-,127+,132+,133+/m0/s1. The second-order valence-electron chi connectivity index (χ2n) is 49.0. The van der Waals surface area contributed by atoms with Crippen LogP contribution in [0.25, 0.3) is 0 Å². The summed E-state index contributed by atoms with van der Waals surface area (Å²) in [6.07, 6.45) is 87.9. The summed E-state index contributed by atoms with van der Waals surface area (Å²) in [5.74, 6) is -3.89. The smallest absolute Gasteiger partial charge is 0.333 e. The van der Waals surface area contributed by atoms with Crippen LogP contribution in [0.1, 0.15) is 651 Å². The fourth-order valence-electron chi connectivity index (χ4n) is 23.5. The lowest BCUT2D eigenvalue weighted by atomic mass is 9.85. The fourth-order valence-corrected chi connectivity index (χ4v) is 23.5. The van der Waals surface area contributed by atoms with E-state index in [2.05, 4.69) is 83.1 Å². The summed E-state index contributed by atoms with van der Waals surface area (Å²) in [6, 6.07) is 0. The summed E-state index contributed by atoms with van der Waals surface area (Å²) in [4.78, 5) is 74.3. The van der Waals surface area contributed by atoms with E-state index >= 15 is 9.59 Å². The average molecular weight is 2120 g/mol. The van der Waals surface area contributed by atoms with Gasteiger partial charge < -0.3 is 58.3 Å². The summed E-state index contributed by atoms with van der Waals surface area (Å²) in [5.41, 5.74) is 0.768.